The normalized spacial score (nSPS) is 11.9. The van der Waals surface area contributed by atoms with Crippen LogP contribution in [0.3, 0.4) is 0 Å². The fourth-order valence-electron chi connectivity index (χ4n) is 5.16. The van der Waals surface area contributed by atoms with Crippen molar-refractivity contribution in [3.8, 4) is 5.75 Å². The lowest BCUT2D eigenvalue weighted by molar-refractivity contribution is -0.385. The number of rotatable bonds is 15. The van der Waals surface area contributed by atoms with E-state index >= 15 is 0 Å². The number of sulfonamides is 1. The lowest BCUT2D eigenvalue weighted by Gasteiger charge is -2.34. The average molecular weight is 742 g/mol. The van der Waals surface area contributed by atoms with Crippen molar-refractivity contribution >= 4 is 56.4 Å². The van der Waals surface area contributed by atoms with Crippen molar-refractivity contribution in [1.82, 2.24) is 10.2 Å². The van der Waals surface area contributed by atoms with E-state index in [1.165, 1.54) is 55.3 Å². The molecule has 11 nitrogen and oxygen atoms in total. The van der Waals surface area contributed by atoms with Crippen LogP contribution in [-0.2, 0) is 32.6 Å². The molecule has 1 unspecified atom stereocenters. The zero-order valence-corrected chi connectivity index (χ0v) is 30.3. The van der Waals surface area contributed by atoms with E-state index in [9.17, 15) is 28.1 Å². The molecular weight excluding hydrogens is 703 g/mol. The number of methoxy groups -OCH3 is 1. The summed E-state index contributed by atoms with van der Waals surface area (Å²) in [5, 5.41) is 15.2. The molecule has 1 N–H and O–H groups in total. The molecule has 4 aromatic rings. The van der Waals surface area contributed by atoms with Gasteiger partial charge in [-0.1, -0.05) is 79.5 Å². The van der Waals surface area contributed by atoms with E-state index < -0.39 is 45.0 Å². The first-order valence-electron chi connectivity index (χ1n) is 15.7. The number of hydrogen-bond donors (Lipinski definition) is 1. The van der Waals surface area contributed by atoms with Crippen molar-refractivity contribution in [3.05, 3.63) is 128 Å². The molecule has 264 valence electrons. The summed E-state index contributed by atoms with van der Waals surface area (Å²) in [6.07, 6.45) is 0.122. The number of anilines is 1. The molecule has 0 saturated heterocycles. The molecule has 4 rings (SSSR count). The van der Waals surface area contributed by atoms with Gasteiger partial charge in [-0.2, -0.15) is 0 Å². The molecule has 0 radical (unpaired) electrons. The number of ether oxygens (including phenoxy) is 1. The number of carbonyl (C=O) groups excluding carboxylic acids is 2. The molecule has 0 bridgehead atoms. The minimum atomic E-state index is -4.59. The van der Waals surface area contributed by atoms with Crippen LogP contribution in [0.25, 0.3) is 0 Å². The first-order chi connectivity index (χ1) is 23.7. The zero-order valence-electron chi connectivity index (χ0n) is 28.0. The fraction of sp³-hybridized carbons (Fsp3) is 0.278. The molecule has 0 aliphatic rings. The van der Waals surface area contributed by atoms with Crippen molar-refractivity contribution in [2.75, 3.05) is 24.5 Å². The number of hydrogen-bond acceptors (Lipinski definition) is 7. The molecule has 1 atom stereocenters. The summed E-state index contributed by atoms with van der Waals surface area (Å²) < 4.78 is 34.8. The summed E-state index contributed by atoms with van der Waals surface area (Å²) in [4.78, 5) is 40.6. The molecule has 2 amide bonds. The second-order valence-electron chi connectivity index (χ2n) is 12.0. The third-order valence-corrected chi connectivity index (χ3v) is 10.4. The van der Waals surface area contributed by atoms with Gasteiger partial charge in [0, 0.05) is 31.1 Å². The Bertz CT molecular complexity index is 1940. The molecule has 0 aliphatic carbocycles. The van der Waals surface area contributed by atoms with Crippen molar-refractivity contribution in [2.24, 2.45) is 5.92 Å². The summed E-state index contributed by atoms with van der Waals surface area (Å²) in [6.45, 7) is 4.86. The Kier molecular flexibility index (Phi) is 12.9. The molecule has 50 heavy (non-hydrogen) atoms. The Morgan fingerprint density at radius 3 is 2.20 bits per heavy atom. The maximum atomic E-state index is 14.6. The van der Waals surface area contributed by atoms with Crippen molar-refractivity contribution < 1.29 is 27.7 Å². The highest BCUT2D eigenvalue weighted by atomic mass is 35.5. The number of nitrogens with zero attached hydrogens (tertiary/aromatic N) is 3. The zero-order chi connectivity index (χ0) is 36.6. The summed E-state index contributed by atoms with van der Waals surface area (Å²) in [5.74, 6) is -0.583. The number of benzene rings is 4. The van der Waals surface area contributed by atoms with Gasteiger partial charge in [-0.05, 0) is 66.4 Å². The second kappa shape index (κ2) is 16.8. The topological polar surface area (TPSA) is 139 Å². The van der Waals surface area contributed by atoms with Gasteiger partial charge < -0.3 is 15.0 Å². The average Bonchev–Trinajstić information content (AvgIpc) is 3.09. The van der Waals surface area contributed by atoms with Crippen LogP contribution in [0.1, 0.15) is 30.5 Å². The molecule has 4 aromatic carbocycles. The number of carbonyl (C=O) groups is 2. The Hall–Kier alpha value is -4.65. The largest absolute Gasteiger partial charge is 0.497 e. The number of nitro benzene ring substituents is 1. The van der Waals surface area contributed by atoms with Gasteiger partial charge in [0.15, 0.2) is 0 Å². The highest BCUT2D eigenvalue weighted by Crippen LogP contribution is 2.30. The molecular formula is C36H38Cl2N4O7S. The van der Waals surface area contributed by atoms with E-state index in [1.54, 1.807) is 18.2 Å². The Morgan fingerprint density at radius 1 is 0.920 bits per heavy atom. The lowest BCUT2D eigenvalue weighted by Crippen LogP contribution is -2.53. The maximum absolute atomic E-state index is 14.6. The van der Waals surface area contributed by atoms with Crippen LogP contribution in [0.4, 0.5) is 11.4 Å². The van der Waals surface area contributed by atoms with Crippen molar-refractivity contribution in [3.63, 3.8) is 0 Å². The molecule has 0 spiro atoms. The minimum absolute atomic E-state index is 0.0979. The van der Waals surface area contributed by atoms with Crippen LogP contribution in [0, 0.1) is 23.0 Å². The molecule has 0 aliphatic heterocycles. The Morgan fingerprint density at radius 2 is 1.60 bits per heavy atom. The van der Waals surface area contributed by atoms with Gasteiger partial charge in [0.05, 0.1) is 32.7 Å². The highest BCUT2D eigenvalue weighted by molar-refractivity contribution is 7.92. The third-order valence-electron chi connectivity index (χ3n) is 7.90. The second-order valence-corrected chi connectivity index (χ2v) is 14.7. The summed E-state index contributed by atoms with van der Waals surface area (Å²) in [7, 11) is -3.13. The fourth-order valence-corrected chi connectivity index (χ4v) is 6.92. The molecule has 0 heterocycles. The van der Waals surface area contributed by atoms with Crippen LogP contribution < -0.4 is 14.4 Å². The van der Waals surface area contributed by atoms with Gasteiger partial charge in [-0.3, -0.25) is 24.0 Å². The van der Waals surface area contributed by atoms with Crippen LogP contribution in [0.15, 0.2) is 95.9 Å². The Labute approximate surface area is 302 Å². The van der Waals surface area contributed by atoms with Crippen LogP contribution in [0.2, 0.25) is 10.0 Å². The van der Waals surface area contributed by atoms with Crippen molar-refractivity contribution in [1.29, 1.82) is 0 Å². The molecule has 0 aromatic heterocycles. The lowest BCUT2D eigenvalue weighted by atomic mass is 10.0. The van der Waals surface area contributed by atoms with E-state index in [4.69, 9.17) is 27.9 Å². The van der Waals surface area contributed by atoms with Crippen LogP contribution in [-0.4, -0.2) is 56.3 Å². The number of amides is 2. The third kappa shape index (κ3) is 9.52. The number of nitrogens with one attached hydrogen (secondary N) is 1. The maximum Gasteiger partial charge on any atom is 0.273 e. The van der Waals surface area contributed by atoms with Gasteiger partial charge in [-0.15, -0.1) is 0 Å². The number of nitro groups is 1. The van der Waals surface area contributed by atoms with E-state index in [0.717, 1.165) is 15.9 Å². The van der Waals surface area contributed by atoms with E-state index in [0.29, 0.717) is 22.9 Å². The quantitative estimate of drug-likeness (QED) is 0.104. The summed E-state index contributed by atoms with van der Waals surface area (Å²) in [5.41, 5.74) is 1.30. The Balaban J connectivity index is 1.85. The predicted octanol–water partition coefficient (Wildman–Crippen LogP) is 6.83. The summed E-state index contributed by atoms with van der Waals surface area (Å²) in [6, 6.07) is 22.5. The van der Waals surface area contributed by atoms with E-state index in [-0.39, 0.29) is 40.1 Å². The molecule has 0 saturated carbocycles. The number of aryl methyl sites for hydroxylation is 1. The minimum Gasteiger partial charge on any atom is -0.497 e. The number of halogens is 2. The van der Waals surface area contributed by atoms with Crippen LogP contribution >= 0.6 is 23.2 Å². The first-order valence-corrected chi connectivity index (χ1v) is 17.9. The standard InChI is InChI=1S/C36H38Cl2N4O7S/c1-24(2)21-39-36(44)34(19-26-8-6-5-7-9-26)40(22-27-11-17-31(37)32(38)18-27)35(43)23-41(28-12-14-29(49-4)15-13-28)50(47,48)30-16-10-25(3)33(20-30)42(45)46/h5-18,20,24,34H,19,21-23H2,1-4H3,(H,39,44). The van der Waals surface area contributed by atoms with E-state index in [2.05, 4.69) is 5.32 Å². The summed E-state index contributed by atoms with van der Waals surface area (Å²) >= 11 is 12.5. The molecule has 14 heteroatoms. The smallest absolute Gasteiger partial charge is 0.273 e. The monoisotopic (exact) mass is 740 g/mol. The van der Waals surface area contributed by atoms with Crippen LogP contribution in [0.5, 0.6) is 5.75 Å². The van der Waals surface area contributed by atoms with Gasteiger partial charge in [0.2, 0.25) is 11.8 Å². The van der Waals surface area contributed by atoms with Gasteiger partial charge in [0.1, 0.15) is 18.3 Å². The first kappa shape index (κ1) is 38.2. The van der Waals surface area contributed by atoms with Crippen molar-refractivity contribution in [2.45, 2.75) is 44.7 Å². The van der Waals surface area contributed by atoms with Gasteiger partial charge in [-0.25, -0.2) is 8.42 Å². The predicted molar refractivity (Wildman–Crippen MR) is 194 cm³/mol. The van der Waals surface area contributed by atoms with E-state index in [1.807, 2.05) is 44.2 Å². The molecule has 0 fully saturated rings. The van der Waals surface area contributed by atoms with Gasteiger partial charge in [0.25, 0.3) is 15.7 Å². The highest BCUT2D eigenvalue weighted by Gasteiger charge is 2.35. The van der Waals surface area contributed by atoms with Gasteiger partial charge >= 0.3 is 0 Å². The SMILES string of the molecule is COc1ccc(N(CC(=O)N(Cc2ccc(Cl)c(Cl)c2)C(Cc2ccccc2)C(=O)NCC(C)C)S(=O)(=O)c2ccc(C)c([N+](=O)[O-])c2)cc1.